The first-order valence-electron chi connectivity index (χ1n) is 7.30. The van der Waals surface area contributed by atoms with Crippen LogP contribution in [0, 0.1) is 0 Å². The number of hydrogen-bond donors (Lipinski definition) is 1. The van der Waals surface area contributed by atoms with Crippen molar-refractivity contribution in [3.8, 4) is 0 Å². The molecule has 112 valence electrons. The highest BCUT2D eigenvalue weighted by atomic mass is 35.5. The predicted molar refractivity (Wildman–Crippen MR) is 87.8 cm³/mol. The minimum absolute atomic E-state index is 0.339. The average molecular weight is 296 g/mol. The summed E-state index contributed by atoms with van der Waals surface area (Å²) < 4.78 is 0. The molecule has 1 fully saturated rings. The van der Waals surface area contributed by atoms with Crippen LogP contribution in [0.4, 0.5) is 5.69 Å². The minimum atomic E-state index is 0.339. The van der Waals surface area contributed by atoms with Crippen LogP contribution in [0.3, 0.4) is 0 Å². The Morgan fingerprint density at radius 3 is 2.45 bits per heavy atom. The van der Waals surface area contributed by atoms with Gasteiger partial charge in [-0.15, -0.1) is 0 Å². The molecule has 1 aromatic rings. The number of likely N-dealkylation sites (N-methyl/N-ethyl adjacent to an activating group) is 2. The van der Waals surface area contributed by atoms with Gasteiger partial charge in [-0.25, -0.2) is 0 Å². The maximum atomic E-state index is 6.12. The lowest BCUT2D eigenvalue weighted by molar-refractivity contribution is 0.0683. The minimum Gasteiger partial charge on any atom is -0.372 e. The molecule has 0 unspecified atom stereocenters. The van der Waals surface area contributed by atoms with E-state index < -0.39 is 0 Å². The zero-order valence-electron chi connectivity index (χ0n) is 13.0. The van der Waals surface area contributed by atoms with Crippen LogP contribution in [-0.2, 0) is 6.54 Å². The van der Waals surface area contributed by atoms with Crippen LogP contribution in [-0.4, -0.2) is 45.2 Å². The maximum Gasteiger partial charge on any atom is 0.0410 e. The Hall–Kier alpha value is -0.770. The van der Waals surface area contributed by atoms with Crippen LogP contribution in [0.25, 0.3) is 0 Å². The van der Waals surface area contributed by atoms with Crippen LogP contribution >= 0.6 is 11.6 Å². The molecule has 0 bridgehead atoms. The van der Waals surface area contributed by atoms with Crippen molar-refractivity contribution in [3.05, 3.63) is 28.8 Å². The second-order valence-electron chi connectivity index (χ2n) is 6.13. The highest BCUT2D eigenvalue weighted by molar-refractivity contribution is 6.30. The Morgan fingerprint density at radius 2 is 1.95 bits per heavy atom. The van der Waals surface area contributed by atoms with E-state index in [9.17, 15) is 0 Å². The Labute approximate surface area is 127 Å². The Balaban J connectivity index is 2.18. The van der Waals surface area contributed by atoms with Crippen molar-refractivity contribution in [2.24, 2.45) is 0 Å². The van der Waals surface area contributed by atoms with E-state index in [0.717, 1.165) is 18.1 Å². The van der Waals surface area contributed by atoms with Gasteiger partial charge in [0.2, 0.25) is 0 Å². The Morgan fingerprint density at radius 1 is 1.25 bits per heavy atom. The first kappa shape index (κ1) is 15.6. The number of hydrogen-bond acceptors (Lipinski definition) is 3. The standard InChI is InChI=1S/C16H26ClN3/c1-18-11-13-10-14(17)6-7-15(13)20(4)12-16(19(2)3)8-5-9-16/h6-7,10,18H,5,8-9,11-12H2,1-4H3. The van der Waals surface area contributed by atoms with Crippen molar-refractivity contribution in [2.75, 3.05) is 39.6 Å². The molecule has 0 heterocycles. The van der Waals surface area contributed by atoms with Gasteiger partial charge in [-0.2, -0.15) is 0 Å². The predicted octanol–water partition coefficient (Wildman–Crippen LogP) is 2.98. The van der Waals surface area contributed by atoms with Gasteiger partial charge >= 0.3 is 0 Å². The molecular formula is C16H26ClN3. The van der Waals surface area contributed by atoms with Gasteiger partial charge < -0.3 is 15.1 Å². The monoisotopic (exact) mass is 295 g/mol. The van der Waals surface area contributed by atoms with Gasteiger partial charge in [-0.3, -0.25) is 0 Å². The lowest BCUT2D eigenvalue weighted by Crippen LogP contribution is -2.56. The fraction of sp³-hybridized carbons (Fsp3) is 0.625. The summed E-state index contributed by atoms with van der Waals surface area (Å²) in [5, 5.41) is 4.03. The molecule has 2 rings (SSSR count). The van der Waals surface area contributed by atoms with E-state index in [4.69, 9.17) is 11.6 Å². The molecule has 1 saturated carbocycles. The van der Waals surface area contributed by atoms with E-state index in [1.54, 1.807) is 0 Å². The van der Waals surface area contributed by atoms with Gasteiger partial charge in [-0.05, 0) is 64.2 Å². The summed E-state index contributed by atoms with van der Waals surface area (Å²) >= 11 is 6.12. The number of rotatable bonds is 6. The highest BCUT2D eigenvalue weighted by Gasteiger charge is 2.40. The summed E-state index contributed by atoms with van der Waals surface area (Å²) in [4.78, 5) is 4.77. The third-order valence-electron chi connectivity index (χ3n) is 4.58. The van der Waals surface area contributed by atoms with Gasteiger partial charge in [0, 0.05) is 36.4 Å². The summed E-state index contributed by atoms with van der Waals surface area (Å²) in [6, 6.07) is 6.18. The molecule has 1 aromatic carbocycles. The molecule has 0 atom stereocenters. The topological polar surface area (TPSA) is 18.5 Å². The second-order valence-corrected chi connectivity index (χ2v) is 6.57. The van der Waals surface area contributed by atoms with E-state index in [1.165, 1.54) is 30.5 Å². The molecule has 1 N–H and O–H groups in total. The smallest absolute Gasteiger partial charge is 0.0410 e. The molecule has 0 saturated heterocycles. The van der Waals surface area contributed by atoms with Gasteiger partial charge in [0.15, 0.2) is 0 Å². The lowest BCUT2D eigenvalue weighted by Gasteiger charge is -2.49. The van der Waals surface area contributed by atoms with Crippen LogP contribution in [0.5, 0.6) is 0 Å². The third-order valence-corrected chi connectivity index (χ3v) is 4.82. The normalized spacial score (nSPS) is 17.1. The number of nitrogens with one attached hydrogen (secondary N) is 1. The number of benzene rings is 1. The molecule has 20 heavy (non-hydrogen) atoms. The maximum absolute atomic E-state index is 6.12. The number of nitrogens with zero attached hydrogens (tertiary/aromatic N) is 2. The summed E-state index contributed by atoms with van der Waals surface area (Å²) in [6.07, 6.45) is 3.93. The molecule has 1 aliphatic rings. The fourth-order valence-electron chi connectivity index (χ4n) is 3.12. The van der Waals surface area contributed by atoms with Crippen LogP contribution in [0.1, 0.15) is 24.8 Å². The molecule has 0 aromatic heterocycles. The van der Waals surface area contributed by atoms with E-state index in [0.29, 0.717) is 5.54 Å². The largest absolute Gasteiger partial charge is 0.372 e. The Bertz CT molecular complexity index is 455. The second kappa shape index (κ2) is 6.33. The average Bonchev–Trinajstić information content (AvgIpc) is 2.33. The van der Waals surface area contributed by atoms with Gasteiger partial charge in [0.25, 0.3) is 0 Å². The van der Waals surface area contributed by atoms with Crippen molar-refractivity contribution in [1.29, 1.82) is 0 Å². The molecule has 4 heteroatoms. The Kier molecular flexibility index (Phi) is 4.95. The highest BCUT2D eigenvalue weighted by Crippen LogP contribution is 2.38. The van der Waals surface area contributed by atoms with E-state index in [2.05, 4.69) is 48.4 Å². The lowest BCUT2D eigenvalue weighted by atomic mass is 9.75. The van der Waals surface area contributed by atoms with E-state index in [1.807, 2.05) is 13.1 Å². The van der Waals surface area contributed by atoms with Crippen LogP contribution in [0.15, 0.2) is 18.2 Å². The molecule has 0 aliphatic heterocycles. The van der Waals surface area contributed by atoms with Crippen LogP contribution in [0.2, 0.25) is 5.02 Å². The van der Waals surface area contributed by atoms with Crippen molar-refractivity contribution < 1.29 is 0 Å². The molecular weight excluding hydrogens is 270 g/mol. The summed E-state index contributed by atoms with van der Waals surface area (Å²) in [7, 11) is 8.55. The van der Waals surface area contributed by atoms with Crippen molar-refractivity contribution in [1.82, 2.24) is 10.2 Å². The third kappa shape index (κ3) is 3.11. The molecule has 3 nitrogen and oxygen atoms in total. The van der Waals surface area contributed by atoms with Gasteiger partial charge in [-0.1, -0.05) is 11.6 Å². The SMILES string of the molecule is CNCc1cc(Cl)ccc1N(C)CC1(N(C)C)CCC1. The first-order valence-corrected chi connectivity index (χ1v) is 7.68. The molecule has 1 aliphatic carbocycles. The summed E-state index contributed by atoms with van der Waals surface area (Å²) in [6.45, 7) is 1.91. The number of halogens is 1. The molecule has 0 amide bonds. The van der Waals surface area contributed by atoms with E-state index in [-0.39, 0.29) is 0 Å². The van der Waals surface area contributed by atoms with Crippen molar-refractivity contribution in [3.63, 3.8) is 0 Å². The van der Waals surface area contributed by atoms with Gasteiger partial charge in [0.05, 0.1) is 0 Å². The zero-order valence-corrected chi connectivity index (χ0v) is 13.8. The quantitative estimate of drug-likeness (QED) is 0.870. The molecule has 0 spiro atoms. The van der Waals surface area contributed by atoms with Gasteiger partial charge in [0.1, 0.15) is 0 Å². The van der Waals surface area contributed by atoms with Crippen LogP contribution < -0.4 is 10.2 Å². The summed E-state index contributed by atoms with van der Waals surface area (Å²) in [5.41, 5.74) is 2.87. The van der Waals surface area contributed by atoms with E-state index >= 15 is 0 Å². The number of anilines is 1. The first-order chi connectivity index (χ1) is 9.48. The summed E-state index contributed by atoms with van der Waals surface area (Å²) in [5.74, 6) is 0. The fourth-order valence-corrected chi connectivity index (χ4v) is 3.31. The van der Waals surface area contributed by atoms with Crippen molar-refractivity contribution >= 4 is 17.3 Å². The van der Waals surface area contributed by atoms with Crippen molar-refractivity contribution in [2.45, 2.75) is 31.3 Å². The zero-order chi connectivity index (χ0) is 14.8. The molecule has 0 radical (unpaired) electrons.